The number of aliphatic carboxylic acids is 1. The third-order valence-corrected chi connectivity index (χ3v) is 3.20. The molecule has 1 aliphatic heterocycles. The molecular formula is C12H12F3NO2. The Balaban J connectivity index is 2.22. The summed E-state index contributed by atoms with van der Waals surface area (Å²) in [5.74, 6) is -1.78. The lowest BCUT2D eigenvalue weighted by Gasteiger charge is -2.16. The topological polar surface area (TPSA) is 49.3 Å². The van der Waals surface area contributed by atoms with Crippen LogP contribution >= 0.6 is 0 Å². The summed E-state index contributed by atoms with van der Waals surface area (Å²) in [7, 11) is 0. The third kappa shape index (κ3) is 2.48. The minimum atomic E-state index is -4.36. The molecule has 18 heavy (non-hydrogen) atoms. The Morgan fingerprint density at radius 2 is 1.83 bits per heavy atom. The second-order valence-corrected chi connectivity index (χ2v) is 4.33. The summed E-state index contributed by atoms with van der Waals surface area (Å²) < 4.78 is 37.2. The van der Waals surface area contributed by atoms with Crippen molar-refractivity contribution in [2.24, 2.45) is 5.92 Å². The van der Waals surface area contributed by atoms with Gasteiger partial charge in [0.25, 0.3) is 0 Å². The summed E-state index contributed by atoms with van der Waals surface area (Å²) in [5.41, 5.74) is -0.0931. The Labute approximate surface area is 102 Å². The lowest BCUT2D eigenvalue weighted by molar-refractivity contribution is -0.141. The number of halogens is 3. The molecule has 1 heterocycles. The molecule has 98 valence electrons. The van der Waals surface area contributed by atoms with Crippen LogP contribution in [0.2, 0.25) is 0 Å². The molecule has 6 heteroatoms. The zero-order valence-electron chi connectivity index (χ0n) is 9.37. The van der Waals surface area contributed by atoms with Crippen LogP contribution in [0.3, 0.4) is 0 Å². The van der Waals surface area contributed by atoms with Crippen LogP contribution in [-0.4, -0.2) is 24.2 Å². The van der Waals surface area contributed by atoms with Crippen LogP contribution in [0.15, 0.2) is 24.3 Å². The van der Waals surface area contributed by atoms with Gasteiger partial charge in [0.1, 0.15) is 0 Å². The summed E-state index contributed by atoms with van der Waals surface area (Å²) in [5, 5.41) is 12.0. The molecule has 0 amide bonds. The van der Waals surface area contributed by atoms with Gasteiger partial charge < -0.3 is 10.4 Å². The molecule has 0 spiro atoms. The maximum atomic E-state index is 12.4. The number of benzene rings is 1. The minimum Gasteiger partial charge on any atom is -0.481 e. The first-order chi connectivity index (χ1) is 8.39. The number of rotatable bonds is 2. The number of carboxylic acid groups (broad SMARTS) is 1. The smallest absolute Gasteiger partial charge is 0.416 e. The lowest BCUT2D eigenvalue weighted by atomic mass is 9.88. The quantitative estimate of drug-likeness (QED) is 0.855. The van der Waals surface area contributed by atoms with Gasteiger partial charge in [0.15, 0.2) is 0 Å². The van der Waals surface area contributed by atoms with Crippen molar-refractivity contribution in [2.75, 3.05) is 13.1 Å². The van der Waals surface area contributed by atoms with Crippen LogP contribution in [0.4, 0.5) is 13.2 Å². The normalized spacial score (nSPS) is 24.2. The molecule has 1 aromatic rings. The molecule has 1 fully saturated rings. The number of hydrogen-bond acceptors (Lipinski definition) is 2. The van der Waals surface area contributed by atoms with Crippen molar-refractivity contribution >= 4 is 5.97 Å². The summed E-state index contributed by atoms with van der Waals surface area (Å²) in [6.07, 6.45) is -4.36. The minimum absolute atomic E-state index is 0.273. The van der Waals surface area contributed by atoms with Crippen molar-refractivity contribution in [1.29, 1.82) is 0 Å². The van der Waals surface area contributed by atoms with E-state index in [0.717, 1.165) is 12.1 Å². The first kappa shape index (κ1) is 12.9. The molecule has 2 rings (SSSR count). The largest absolute Gasteiger partial charge is 0.481 e. The molecule has 0 aromatic heterocycles. The maximum absolute atomic E-state index is 12.4. The lowest BCUT2D eigenvalue weighted by Crippen LogP contribution is -2.21. The van der Waals surface area contributed by atoms with Crippen LogP contribution in [0.5, 0.6) is 0 Å². The predicted molar refractivity (Wildman–Crippen MR) is 58.2 cm³/mol. The van der Waals surface area contributed by atoms with E-state index in [1.165, 1.54) is 12.1 Å². The fraction of sp³-hybridized carbons (Fsp3) is 0.417. The highest BCUT2D eigenvalue weighted by Crippen LogP contribution is 2.32. The van der Waals surface area contributed by atoms with Gasteiger partial charge >= 0.3 is 12.1 Å². The zero-order chi connectivity index (χ0) is 13.3. The number of carboxylic acids is 1. The van der Waals surface area contributed by atoms with Crippen molar-refractivity contribution in [2.45, 2.75) is 12.1 Å². The molecular weight excluding hydrogens is 247 g/mol. The summed E-state index contributed by atoms with van der Waals surface area (Å²) in [6.45, 7) is 0.823. The summed E-state index contributed by atoms with van der Waals surface area (Å²) >= 11 is 0. The van der Waals surface area contributed by atoms with Crippen molar-refractivity contribution in [3.8, 4) is 0 Å². The standard InChI is InChI=1S/C12H12F3NO2/c13-12(14,15)8-3-1-7(2-4-8)9-5-16-6-10(9)11(17)18/h1-4,9-10,16H,5-6H2,(H,17,18)/t9-,10+/m0/s1. The third-order valence-electron chi connectivity index (χ3n) is 3.20. The molecule has 1 aromatic carbocycles. The Kier molecular flexibility index (Phi) is 3.30. The van der Waals surface area contributed by atoms with E-state index in [0.29, 0.717) is 18.7 Å². The van der Waals surface area contributed by atoms with Gasteiger partial charge in [-0.25, -0.2) is 0 Å². The molecule has 3 nitrogen and oxygen atoms in total. The van der Waals surface area contributed by atoms with Gasteiger partial charge in [-0.05, 0) is 17.7 Å². The van der Waals surface area contributed by atoms with Crippen LogP contribution in [0.1, 0.15) is 17.0 Å². The Hall–Kier alpha value is -1.56. The van der Waals surface area contributed by atoms with E-state index in [1.807, 2.05) is 0 Å². The van der Waals surface area contributed by atoms with Gasteiger partial charge in [0, 0.05) is 19.0 Å². The highest BCUT2D eigenvalue weighted by atomic mass is 19.4. The first-order valence-electron chi connectivity index (χ1n) is 5.50. The van der Waals surface area contributed by atoms with Crippen LogP contribution in [0.25, 0.3) is 0 Å². The molecule has 2 atom stereocenters. The maximum Gasteiger partial charge on any atom is 0.416 e. The van der Waals surface area contributed by atoms with E-state index in [-0.39, 0.29) is 5.92 Å². The second-order valence-electron chi connectivity index (χ2n) is 4.33. The molecule has 1 aliphatic rings. The predicted octanol–water partition coefficient (Wildman–Crippen LogP) is 2.09. The van der Waals surface area contributed by atoms with E-state index in [2.05, 4.69) is 5.32 Å². The highest BCUT2D eigenvalue weighted by Gasteiger charge is 2.35. The average Bonchev–Trinajstić information content (AvgIpc) is 2.77. The van der Waals surface area contributed by atoms with Crippen LogP contribution in [0, 0.1) is 5.92 Å². The van der Waals surface area contributed by atoms with Crippen LogP contribution < -0.4 is 5.32 Å². The summed E-state index contributed by atoms with van der Waals surface area (Å²) in [6, 6.07) is 4.70. The molecule has 0 radical (unpaired) electrons. The zero-order valence-corrected chi connectivity index (χ0v) is 9.37. The van der Waals surface area contributed by atoms with E-state index in [4.69, 9.17) is 5.11 Å². The Morgan fingerprint density at radius 3 is 2.33 bits per heavy atom. The number of nitrogens with one attached hydrogen (secondary N) is 1. The molecule has 2 N–H and O–H groups in total. The SMILES string of the molecule is O=C(O)[C@@H]1CNC[C@H]1c1ccc(C(F)(F)F)cc1. The van der Waals surface area contributed by atoms with Gasteiger partial charge in [0.05, 0.1) is 11.5 Å². The van der Waals surface area contributed by atoms with Crippen molar-refractivity contribution in [1.82, 2.24) is 5.32 Å². The van der Waals surface area contributed by atoms with Gasteiger partial charge in [-0.15, -0.1) is 0 Å². The van der Waals surface area contributed by atoms with E-state index in [1.54, 1.807) is 0 Å². The van der Waals surface area contributed by atoms with E-state index < -0.39 is 23.6 Å². The molecule has 0 aliphatic carbocycles. The molecule has 0 bridgehead atoms. The fourth-order valence-electron chi connectivity index (χ4n) is 2.21. The highest BCUT2D eigenvalue weighted by molar-refractivity contribution is 5.72. The van der Waals surface area contributed by atoms with Crippen molar-refractivity contribution < 1.29 is 23.1 Å². The van der Waals surface area contributed by atoms with Crippen molar-refractivity contribution in [3.63, 3.8) is 0 Å². The number of hydrogen-bond donors (Lipinski definition) is 2. The first-order valence-corrected chi connectivity index (χ1v) is 5.50. The molecule has 1 saturated heterocycles. The molecule has 0 saturated carbocycles. The average molecular weight is 259 g/mol. The van der Waals surface area contributed by atoms with Gasteiger partial charge in [-0.2, -0.15) is 13.2 Å². The van der Waals surface area contributed by atoms with E-state index in [9.17, 15) is 18.0 Å². The number of carbonyl (C=O) groups is 1. The fourth-order valence-corrected chi connectivity index (χ4v) is 2.21. The van der Waals surface area contributed by atoms with Gasteiger partial charge in [-0.3, -0.25) is 4.79 Å². The van der Waals surface area contributed by atoms with Crippen molar-refractivity contribution in [3.05, 3.63) is 35.4 Å². The monoisotopic (exact) mass is 259 g/mol. The number of alkyl halides is 3. The van der Waals surface area contributed by atoms with Crippen LogP contribution in [-0.2, 0) is 11.0 Å². The van der Waals surface area contributed by atoms with E-state index >= 15 is 0 Å². The Bertz CT molecular complexity index is 442. The second kappa shape index (κ2) is 4.61. The Morgan fingerprint density at radius 1 is 1.22 bits per heavy atom. The van der Waals surface area contributed by atoms with Gasteiger partial charge in [-0.1, -0.05) is 12.1 Å². The molecule has 0 unspecified atom stereocenters. The summed E-state index contributed by atoms with van der Waals surface area (Å²) in [4.78, 5) is 11.0. The van der Waals surface area contributed by atoms with Gasteiger partial charge in [0.2, 0.25) is 0 Å².